The minimum absolute atomic E-state index is 0.874. The first-order valence-electron chi connectivity index (χ1n) is 10.7. The number of hydrogen-bond acceptors (Lipinski definition) is 2. The first kappa shape index (κ1) is 21.7. The van der Waals surface area contributed by atoms with E-state index in [1.54, 1.807) is 7.11 Å². The quantitative estimate of drug-likeness (QED) is 0.486. The molecule has 0 bridgehead atoms. The lowest BCUT2D eigenvalue weighted by Crippen LogP contribution is -2.14. The fraction of sp³-hybridized carbons (Fsp3) is 0.286. The van der Waals surface area contributed by atoms with Crippen molar-refractivity contribution in [3.63, 3.8) is 0 Å². The smallest absolute Gasteiger partial charge is 0.118 e. The van der Waals surface area contributed by atoms with E-state index in [0.717, 1.165) is 35.6 Å². The van der Waals surface area contributed by atoms with Crippen molar-refractivity contribution in [2.45, 2.75) is 46.5 Å². The van der Waals surface area contributed by atoms with Gasteiger partial charge in [0.05, 0.1) is 7.11 Å². The molecule has 156 valence electrons. The molecule has 0 spiro atoms. The lowest BCUT2D eigenvalue weighted by atomic mass is 9.86. The molecule has 0 unspecified atom stereocenters. The van der Waals surface area contributed by atoms with E-state index in [4.69, 9.17) is 4.74 Å². The van der Waals surface area contributed by atoms with Gasteiger partial charge in [0.1, 0.15) is 5.75 Å². The Morgan fingerprint density at radius 2 is 1.57 bits per heavy atom. The summed E-state index contributed by atoms with van der Waals surface area (Å²) in [6, 6.07) is 18.7. The zero-order valence-corrected chi connectivity index (χ0v) is 18.7. The van der Waals surface area contributed by atoms with Gasteiger partial charge in [-0.15, -0.1) is 0 Å². The molecule has 2 nitrogen and oxygen atoms in total. The number of hydrogen-bond donors (Lipinski definition) is 1. The summed E-state index contributed by atoms with van der Waals surface area (Å²) in [5, 5.41) is 3.68. The Labute approximate surface area is 181 Å². The maximum Gasteiger partial charge on any atom is 0.118 e. The molecule has 2 heteroatoms. The summed E-state index contributed by atoms with van der Waals surface area (Å²) in [6.07, 6.45) is 7.17. The summed E-state index contributed by atoms with van der Waals surface area (Å²) in [4.78, 5) is 0. The van der Waals surface area contributed by atoms with Crippen LogP contribution in [-0.4, -0.2) is 7.11 Å². The Kier molecular flexibility index (Phi) is 7.35. The summed E-state index contributed by atoms with van der Waals surface area (Å²) in [6.45, 7) is 10.9. The Bertz CT molecular complexity index is 975. The molecule has 0 atom stereocenters. The molecule has 0 saturated carbocycles. The van der Waals surface area contributed by atoms with E-state index in [1.807, 2.05) is 12.1 Å². The first-order valence-corrected chi connectivity index (χ1v) is 10.7. The second kappa shape index (κ2) is 10.2. The van der Waals surface area contributed by atoms with E-state index >= 15 is 0 Å². The van der Waals surface area contributed by atoms with E-state index in [-0.39, 0.29) is 0 Å². The Hall–Kier alpha value is -3.00. The number of ether oxygens (including phenoxy) is 1. The molecule has 0 aliphatic heterocycles. The van der Waals surface area contributed by atoms with E-state index < -0.39 is 0 Å². The SMILES string of the molecule is C=C(/C(C1=CCCCC1)=C(\C)N/C(C)=C(\C)c1ccc(OC)cc1)c1ccccc1. The topological polar surface area (TPSA) is 21.3 Å². The van der Waals surface area contributed by atoms with Crippen molar-refractivity contribution in [1.82, 2.24) is 5.32 Å². The van der Waals surface area contributed by atoms with Gasteiger partial charge in [0.15, 0.2) is 0 Å². The van der Waals surface area contributed by atoms with E-state index in [0.29, 0.717) is 0 Å². The van der Waals surface area contributed by atoms with Crippen LogP contribution in [0.15, 0.2) is 89.8 Å². The Morgan fingerprint density at radius 3 is 2.17 bits per heavy atom. The number of allylic oxidation sites excluding steroid dienone is 7. The minimum Gasteiger partial charge on any atom is -0.497 e. The van der Waals surface area contributed by atoms with Crippen molar-refractivity contribution < 1.29 is 4.74 Å². The molecule has 3 rings (SSSR count). The van der Waals surface area contributed by atoms with Crippen LogP contribution >= 0.6 is 0 Å². The lowest BCUT2D eigenvalue weighted by molar-refractivity contribution is 0.415. The largest absolute Gasteiger partial charge is 0.497 e. The molecule has 2 aromatic carbocycles. The van der Waals surface area contributed by atoms with Crippen LogP contribution in [0.1, 0.15) is 57.6 Å². The summed E-state index contributed by atoms with van der Waals surface area (Å²) in [5.74, 6) is 0.874. The van der Waals surface area contributed by atoms with Gasteiger partial charge in [0.25, 0.3) is 0 Å². The average Bonchev–Trinajstić information content (AvgIpc) is 2.80. The summed E-state index contributed by atoms with van der Waals surface area (Å²) < 4.78 is 5.29. The molecule has 0 heterocycles. The monoisotopic (exact) mass is 399 g/mol. The maximum atomic E-state index is 5.29. The molecule has 0 amide bonds. The van der Waals surface area contributed by atoms with Crippen LogP contribution in [0.25, 0.3) is 11.1 Å². The third-order valence-corrected chi connectivity index (χ3v) is 5.87. The normalized spacial score (nSPS) is 15.5. The third-order valence-electron chi connectivity index (χ3n) is 5.87. The second-order valence-corrected chi connectivity index (χ2v) is 7.92. The van der Waals surface area contributed by atoms with Gasteiger partial charge in [0.2, 0.25) is 0 Å². The number of methoxy groups -OCH3 is 1. The van der Waals surface area contributed by atoms with Gasteiger partial charge < -0.3 is 10.1 Å². The number of benzene rings is 2. The van der Waals surface area contributed by atoms with Crippen molar-refractivity contribution in [3.8, 4) is 5.75 Å². The average molecular weight is 400 g/mol. The molecule has 0 saturated heterocycles. The van der Waals surface area contributed by atoms with E-state index in [9.17, 15) is 0 Å². The minimum atomic E-state index is 0.874. The Balaban J connectivity index is 1.96. The van der Waals surface area contributed by atoms with Gasteiger partial charge in [-0.05, 0) is 86.4 Å². The van der Waals surface area contributed by atoms with Gasteiger partial charge in [-0.25, -0.2) is 0 Å². The molecule has 30 heavy (non-hydrogen) atoms. The molecule has 0 aromatic heterocycles. The fourth-order valence-corrected chi connectivity index (χ4v) is 4.00. The highest BCUT2D eigenvalue weighted by molar-refractivity contribution is 5.83. The van der Waals surface area contributed by atoms with E-state index in [1.165, 1.54) is 40.7 Å². The zero-order chi connectivity index (χ0) is 21.5. The summed E-state index contributed by atoms with van der Waals surface area (Å²) in [7, 11) is 1.69. The van der Waals surface area contributed by atoms with E-state index in [2.05, 4.69) is 81.2 Å². The van der Waals surface area contributed by atoms with Crippen LogP contribution < -0.4 is 10.1 Å². The number of rotatable bonds is 7. The van der Waals surface area contributed by atoms with Crippen LogP contribution in [0.2, 0.25) is 0 Å². The molecule has 0 radical (unpaired) electrons. The maximum absolute atomic E-state index is 5.29. The third kappa shape index (κ3) is 5.13. The van der Waals surface area contributed by atoms with Crippen molar-refractivity contribution in [2.75, 3.05) is 7.11 Å². The van der Waals surface area contributed by atoms with Gasteiger partial charge >= 0.3 is 0 Å². The van der Waals surface area contributed by atoms with Crippen molar-refractivity contribution in [1.29, 1.82) is 0 Å². The van der Waals surface area contributed by atoms with Crippen molar-refractivity contribution in [3.05, 3.63) is 101 Å². The molecular weight excluding hydrogens is 366 g/mol. The standard InChI is InChI=1S/C28H33NO/c1-20(25-16-18-27(30-5)19-17-25)22(3)29-23(4)28(26-14-10-7-11-15-26)21(2)24-12-8-6-9-13-24/h6,8-9,12-14,16-19,29H,2,7,10-11,15H2,1,3-5H3/b22-20+,28-23-. The summed E-state index contributed by atoms with van der Waals surface area (Å²) >= 11 is 0. The van der Waals surface area contributed by atoms with Crippen molar-refractivity contribution in [2.24, 2.45) is 0 Å². The van der Waals surface area contributed by atoms with Crippen LogP contribution in [0.4, 0.5) is 0 Å². The lowest BCUT2D eigenvalue weighted by Gasteiger charge is -2.23. The van der Waals surface area contributed by atoms with Gasteiger partial charge in [-0.1, -0.05) is 55.1 Å². The predicted octanol–water partition coefficient (Wildman–Crippen LogP) is 7.52. The van der Waals surface area contributed by atoms with Gasteiger partial charge in [0, 0.05) is 17.0 Å². The highest BCUT2D eigenvalue weighted by atomic mass is 16.5. The van der Waals surface area contributed by atoms with Crippen molar-refractivity contribution >= 4 is 11.1 Å². The van der Waals surface area contributed by atoms with Gasteiger partial charge in [-0.2, -0.15) is 0 Å². The zero-order valence-electron chi connectivity index (χ0n) is 18.7. The van der Waals surface area contributed by atoms with Crippen LogP contribution in [0, 0.1) is 0 Å². The molecule has 1 N–H and O–H groups in total. The molecule has 0 fully saturated rings. The molecule has 2 aromatic rings. The first-order chi connectivity index (χ1) is 14.5. The van der Waals surface area contributed by atoms with Crippen LogP contribution in [0.5, 0.6) is 5.75 Å². The highest BCUT2D eigenvalue weighted by Crippen LogP contribution is 2.35. The summed E-state index contributed by atoms with van der Waals surface area (Å²) in [5.41, 5.74) is 9.64. The highest BCUT2D eigenvalue weighted by Gasteiger charge is 2.17. The molecular formula is C28H33NO. The van der Waals surface area contributed by atoms with Crippen LogP contribution in [0.3, 0.4) is 0 Å². The predicted molar refractivity (Wildman–Crippen MR) is 129 cm³/mol. The molecule has 1 aliphatic carbocycles. The molecule has 1 aliphatic rings. The second-order valence-electron chi connectivity index (χ2n) is 7.92. The number of nitrogens with one attached hydrogen (secondary N) is 1. The van der Waals surface area contributed by atoms with Gasteiger partial charge in [-0.3, -0.25) is 0 Å². The fourth-order valence-electron chi connectivity index (χ4n) is 4.00. The Morgan fingerprint density at radius 1 is 0.867 bits per heavy atom. The van der Waals surface area contributed by atoms with Crippen LogP contribution in [-0.2, 0) is 0 Å².